The van der Waals surface area contributed by atoms with Crippen molar-refractivity contribution in [2.75, 3.05) is 21.3 Å². The molecule has 0 radical (unpaired) electrons. The van der Waals surface area contributed by atoms with E-state index in [2.05, 4.69) is 15.7 Å². The monoisotopic (exact) mass is 264 g/mol. The molecule has 1 aromatic carbocycles. The predicted molar refractivity (Wildman–Crippen MR) is 73.4 cm³/mol. The van der Waals surface area contributed by atoms with Gasteiger partial charge in [0, 0.05) is 23.6 Å². The number of benzene rings is 1. The number of nitrogens with one attached hydrogen (secondary N) is 1. The SMILES string of the molecule is CNCc1csc(-c2cc(OC)cc(OC)c2)n1. The first-order valence-electron chi connectivity index (χ1n) is 5.59. The zero-order chi connectivity index (χ0) is 13.0. The number of nitrogens with zero attached hydrogens (tertiary/aromatic N) is 1. The average molecular weight is 264 g/mol. The third kappa shape index (κ3) is 2.80. The highest BCUT2D eigenvalue weighted by Gasteiger charge is 2.08. The van der Waals surface area contributed by atoms with E-state index in [1.54, 1.807) is 25.6 Å². The molecule has 0 aliphatic carbocycles. The van der Waals surface area contributed by atoms with E-state index in [-0.39, 0.29) is 0 Å². The van der Waals surface area contributed by atoms with E-state index in [9.17, 15) is 0 Å². The summed E-state index contributed by atoms with van der Waals surface area (Å²) in [7, 11) is 5.20. The minimum atomic E-state index is 0.773. The molecule has 5 heteroatoms. The molecule has 0 saturated heterocycles. The van der Waals surface area contributed by atoms with Crippen molar-refractivity contribution < 1.29 is 9.47 Å². The van der Waals surface area contributed by atoms with Gasteiger partial charge in [0.2, 0.25) is 0 Å². The normalized spacial score (nSPS) is 10.4. The van der Waals surface area contributed by atoms with Gasteiger partial charge in [0.15, 0.2) is 0 Å². The van der Waals surface area contributed by atoms with E-state index in [0.29, 0.717) is 0 Å². The average Bonchev–Trinajstić information content (AvgIpc) is 2.87. The molecule has 0 saturated carbocycles. The maximum atomic E-state index is 5.26. The van der Waals surface area contributed by atoms with E-state index in [1.165, 1.54) is 0 Å². The molecule has 0 bridgehead atoms. The van der Waals surface area contributed by atoms with Crippen LogP contribution in [-0.2, 0) is 6.54 Å². The van der Waals surface area contributed by atoms with Gasteiger partial charge < -0.3 is 14.8 Å². The summed E-state index contributed by atoms with van der Waals surface area (Å²) in [4.78, 5) is 4.57. The molecule has 1 heterocycles. The minimum Gasteiger partial charge on any atom is -0.497 e. The molecule has 1 aromatic heterocycles. The van der Waals surface area contributed by atoms with Crippen molar-refractivity contribution in [1.82, 2.24) is 10.3 Å². The molecular weight excluding hydrogens is 248 g/mol. The molecule has 0 aliphatic rings. The molecule has 0 unspecified atom stereocenters. The second kappa shape index (κ2) is 5.84. The van der Waals surface area contributed by atoms with Crippen molar-refractivity contribution in [1.29, 1.82) is 0 Å². The zero-order valence-electron chi connectivity index (χ0n) is 10.7. The Bertz CT molecular complexity index is 503. The van der Waals surface area contributed by atoms with Gasteiger partial charge in [0.25, 0.3) is 0 Å². The van der Waals surface area contributed by atoms with E-state index >= 15 is 0 Å². The third-order valence-electron chi connectivity index (χ3n) is 2.51. The molecule has 0 spiro atoms. The Kier molecular flexibility index (Phi) is 4.17. The van der Waals surface area contributed by atoms with Crippen LogP contribution in [0.2, 0.25) is 0 Å². The van der Waals surface area contributed by atoms with Crippen molar-refractivity contribution in [3.05, 3.63) is 29.3 Å². The van der Waals surface area contributed by atoms with Gasteiger partial charge in [-0.3, -0.25) is 0 Å². The Hall–Kier alpha value is -1.59. The third-order valence-corrected chi connectivity index (χ3v) is 3.45. The van der Waals surface area contributed by atoms with Gasteiger partial charge in [0.05, 0.1) is 19.9 Å². The molecule has 0 amide bonds. The number of aromatic nitrogens is 1. The lowest BCUT2D eigenvalue weighted by Gasteiger charge is -2.06. The number of rotatable bonds is 5. The number of ether oxygens (including phenoxy) is 2. The fourth-order valence-electron chi connectivity index (χ4n) is 1.63. The Balaban J connectivity index is 2.35. The van der Waals surface area contributed by atoms with Crippen LogP contribution in [0.15, 0.2) is 23.6 Å². The number of methoxy groups -OCH3 is 2. The maximum absolute atomic E-state index is 5.26. The van der Waals surface area contributed by atoms with Crippen LogP contribution in [0.3, 0.4) is 0 Å². The summed E-state index contributed by atoms with van der Waals surface area (Å²) in [6.07, 6.45) is 0. The van der Waals surface area contributed by atoms with Crippen LogP contribution < -0.4 is 14.8 Å². The van der Waals surface area contributed by atoms with Crippen molar-refractivity contribution in [2.45, 2.75) is 6.54 Å². The summed E-state index contributed by atoms with van der Waals surface area (Å²) in [5, 5.41) is 6.11. The van der Waals surface area contributed by atoms with Crippen molar-refractivity contribution in [2.24, 2.45) is 0 Å². The molecular formula is C13H16N2O2S. The summed E-state index contributed by atoms with van der Waals surface area (Å²) in [5.41, 5.74) is 2.05. The molecule has 2 rings (SSSR count). The van der Waals surface area contributed by atoms with Gasteiger partial charge >= 0.3 is 0 Å². The second-order valence-corrected chi connectivity index (χ2v) is 4.63. The molecule has 18 heavy (non-hydrogen) atoms. The van der Waals surface area contributed by atoms with Crippen LogP contribution in [-0.4, -0.2) is 26.3 Å². The Morgan fingerprint density at radius 2 is 1.83 bits per heavy atom. The fourth-order valence-corrected chi connectivity index (χ4v) is 2.44. The lowest BCUT2D eigenvalue weighted by molar-refractivity contribution is 0.394. The van der Waals surface area contributed by atoms with Gasteiger partial charge in [-0.2, -0.15) is 0 Å². The number of thiazole rings is 1. The van der Waals surface area contributed by atoms with E-state index in [0.717, 1.165) is 34.3 Å². The Labute approximate surface area is 111 Å². The zero-order valence-corrected chi connectivity index (χ0v) is 11.5. The van der Waals surface area contributed by atoms with E-state index < -0.39 is 0 Å². The molecule has 0 fully saturated rings. The lowest BCUT2D eigenvalue weighted by atomic mass is 10.2. The van der Waals surface area contributed by atoms with Crippen LogP contribution >= 0.6 is 11.3 Å². The summed E-state index contributed by atoms with van der Waals surface area (Å²) >= 11 is 1.62. The molecule has 4 nitrogen and oxygen atoms in total. The van der Waals surface area contributed by atoms with Gasteiger partial charge in [0.1, 0.15) is 16.5 Å². The van der Waals surface area contributed by atoms with Crippen LogP contribution in [0.5, 0.6) is 11.5 Å². The predicted octanol–water partition coefficient (Wildman–Crippen LogP) is 2.55. The first-order valence-corrected chi connectivity index (χ1v) is 6.47. The fraction of sp³-hybridized carbons (Fsp3) is 0.308. The molecule has 2 aromatic rings. The van der Waals surface area contributed by atoms with Crippen LogP contribution in [0.4, 0.5) is 0 Å². The molecule has 0 aliphatic heterocycles. The first-order chi connectivity index (χ1) is 8.76. The summed E-state index contributed by atoms with van der Waals surface area (Å²) in [5.74, 6) is 1.55. The van der Waals surface area contributed by atoms with Crippen LogP contribution in [0, 0.1) is 0 Å². The summed E-state index contributed by atoms with van der Waals surface area (Å²) in [6, 6.07) is 5.78. The standard InChI is InChI=1S/C13H16N2O2S/c1-14-7-10-8-18-13(15-10)9-4-11(16-2)6-12(5-9)17-3/h4-6,8,14H,7H2,1-3H3. The second-order valence-electron chi connectivity index (χ2n) is 3.78. The van der Waals surface area contributed by atoms with Crippen LogP contribution in [0.1, 0.15) is 5.69 Å². The largest absolute Gasteiger partial charge is 0.497 e. The number of hydrogen-bond donors (Lipinski definition) is 1. The number of hydrogen-bond acceptors (Lipinski definition) is 5. The smallest absolute Gasteiger partial charge is 0.123 e. The highest BCUT2D eigenvalue weighted by molar-refractivity contribution is 7.13. The first kappa shape index (κ1) is 12.9. The quantitative estimate of drug-likeness (QED) is 0.901. The highest BCUT2D eigenvalue weighted by Crippen LogP contribution is 2.31. The van der Waals surface area contributed by atoms with Crippen molar-refractivity contribution >= 4 is 11.3 Å². The van der Waals surface area contributed by atoms with Gasteiger partial charge in [-0.05, 0) is 19.2 Å². The Morgan fingerprint density at radius 3 is 2.39 bits per heavy atom. The van der Waals surface area contributed by atoms with E-state index in [4.69, 9.17) is 9.47 Å². The van der Waals surface area contributed by atoms with Gasteiger partial charge in [-0.25, -0.2) is 4.98 Å². The van der Waals surface area contributed by atoms with Crippen molar-refractivity contribution in [3.8, 4) is 22.1 Å². The van der Waals surface area contributed by atoms with E-state index in [1.807, 2.05) is 25.2 Å². The molecule has 0 atom stereocenters. The Morgan fingerprint density at radius 1 is 1.17 bits per heavy atom. The van der Waals surface area contributed by atoms with Crippen LogP contribution in [0.25, 0.3) is 10.6 Å². The molecule has 96 valence electrons. The molecule has 1 N–H and O–H groups in total. The highest BCUT2D eigenvalue weighted by atomic mass is 32.1. The maximum Gasteiger partial charge on any atom is 0.123 e. The minimum absolute atomic E-state index is 0.773. The van der Waals surface area contributed by atoms with Gasteiger partial charge in [-0.15, -0.1) is 11.3 Å². The topological polar surface area (TPSA) is 43.4 Å². The summed E-state index contributed by atoms with van der Waals surface area (Å²) in [6.45, 7) is 0.775. The summed E-state index contributed by atoms with van der Waals surface area (Å²) < 4.78 is 10.5. The van der Waals surface area contributed by atoms with Crippen molar-refractivity contribution in [3.63, 3.8) is 0 Å². The van der Waals surface area contributed by atoms with Gasteiger partial charge in [-0.1, -0.05) is 0 Å². The lowest BCUT2D eigenvalue weighted by Crippen LogP contribution is -2.04.